The molecule has 20 heavy (non-hydrogen) atoms. The lowest BCUT2D eigenvalue weighted by atomic mass is 9.91. The van der Waals surface area contributed by atoms with Crippen LogP contribution in [0.15, 0.2) is 24.3 Å². The van der Waals surface area contributed by atoms with E-state index < -0.39 is 0 Å². The van der Waals surface area contributed by atoms with Crippen molar-refractivity contribution in [2.45, 2.75) is 51.5 Å². The predicted octanol–water partition coefficient (Wildman–Crippen LogP) is 3.94. The molecule has 0 bridgehead atoms. The van der Waals surface area contributed by atoms with Gasteiger partial charge in [0.05, 0.1) is 0 Å². The van der Waals surface area contributed by atoms with Crippen LogP contribution in [0.5, 0.6) is 0 Å². The van der Waals surface area contributed by atoms with Crippen LogP contribution in [0.3, 0.4) is 0 Å². The van der Waals surface area contributed by atoms with E-state index in [1.807, 2.05) is 12.1 Å². The summed E-state index contributed by atoms with van der Waals surface area (Å²) in [6.07, 6.45) is 5.94. The van der Waals surface area contributed by atoms with E-state index in [0.717, 1.165) is 19.4 Å². The van der Waals surface area contributed by atoms with Gasteiger partial charge >= 0.3 is 0 Å². The van der Waals surface area contributed by atoms with Crippen molar-refractivity contribution in [2.75, 3.05) is 12.4 Å². The molecule has 1 aliphatic carbocycles. The van der Waals surface area contributed by atoms with Crippen LogP contribution in [-0.4, -0.2) is 29.3 Å². The van der Waals surface area contributed by atoms with E-state index in [-0.39, 0.29) is 0 Å². The number of alkyl halides is 1. The topological polar surface area (TPSA) is 20.3 Å². The molecule has 1 aromatic carbocycles. The lowest BCUT2D eigenvalue weighted by Crippen LogP contribution is -2.44. The number of benzene rings is 1. The number of carbonyl (C=O) groups excluding carboxylic acids is 1. The van der Waals surface area contributed by atoms with Crippen molar-refractivity contribution in [2.24, 2.45) is 0 Å². The Morgan fingerprint density at radius 3 is 2.70 bits per heavy atom. The second-order valence-electron chi connectivity index (χ2n) is 5.64. The molecule has 1 aromatic rings. The normalized spacial score (nSPS) is 14.9. The van der Waals surface area contributed by atoms with Crippen LogP contribution < -0.4 is 0 Å². The van der Waals surface area contributed by atoms with Crippen molar-refractivity contribution >= 4 is 17.5 Å². The fourth-order valence-electron chi connectivity index (χ4n) is 2.72. The highest BCUT2D eigenvalue weighted by Gasteiger charge is 2.27. The van der Waals surface area contributed by atoms with Crippen molar-refractivity contribution in [3.8, 4) is 0 Å². The molecule has 110 valence electrons. The number of rotatable bonds is 7. The first-order valence-electron chi connectivity index (χ1n) is 7.62. The second-order valence-corrected chi connectivity index (χ2v) is 6.02. The molecule has 1 fully saturated rings. The molecule has 0 N–H and O–H groups in total. The van der Waals surface area contributed by atoms with Gasteiger partial charge in [0, 0.05) is 24.9 Å². The molecule has 0 aliphatic heterocycles. The van der Waals surface area contributed by atoms with Gasteiger partial charge in [0.15, 0.2) is 0 Å². The standard InChI is InChI=1S/C17H24ClNO/c1-14-6-2-3-7-15(14)10-11-17(20)19(13-5-12-18)16-8-4-9-16/h2-3,6-7,16H,4-5,8-13H2,1H3. The lowest BCUT2D eigenvalue weighted by molar-refractivity contribution is -0.135. The summed E-state index contributed by atoms with van der Waals surface area (Å²) in [7, 11) is 0. The molecule has 2 nitrogen and oxygen atoms in total. The molecule has 0 atom stereocenters. The highest BCUT2D eigenvalue weighted by atomic mass is 35.5. The molecule has 1 saturated carbocycles. The molecule has 3 heteroatoms. The van der Waals surface area contributed by atoms with Gasteiger partial charge in [-0.25, -0.2) is 0 Å². The van der Waals surface area contributed by atoms with Gasteiger partial charge in [-0.1, -0.05) is 24.3 Å². The summed E-state index contributed by atoms with van der Waals surface area (Å²) in [5.41, 5.74) is 2.56. The van der Waals surface area contributed by atoms with Crippen LogP contribution in [0, 0.1) is 6.92 Å². The zero-order valence-corrected chi connectivity index (χ0v) is 13.0. The second kappa shape index (κ2) is 7.68. The van der Waals surface area contributed by atoms with Crippen LogP contribution in [0.1, 0.15) is 43.2 Å². The van der Waals surface area contributed by atoms with Crippen LogP contribution in [-0.2, 0) is 11.2 Å². The van der Waals surface area contributed by atoms with E-state index in [0.29, 0.717) is 24.2 Å². The van der Waals surface area contributed by atoms with Crippen molar-refractivity contribution in [3.63, 3.8) is 0 Å². The molecular weight excluding hydrogens is 270 g/mol. The first kappa shape index (κ1) is 15.4. The fourth-order valence-corrected chi connectivity index (χ4v) is 2.83. The molecule has 0 saturated heterocycles. The summed E-state index contributed by atoms with van der Waals surface area (Å²) in [5, 5.41) is 0. The monoisotopic (exact) mass is 293 g/mol. The van der Waals surface area contributed by atoms with Crippen molar-refractivity contribution in [1.82, 2.24) is 4.90 Å². The van der Waals surface area contributed by atoms with Gasteiger partial charge in [-0.05, 0) is 50.2 Å². The quantitative estimate of drug-likeness (QED) is 0.697. The van der Waals surface area contributed by atoms with E-state index in [9.17, 15) is 4.79 Å². The Balaban J connectivity index is 1.89. The van der Waals surface area contributed by atoms with Crippen LogP contribution >= 0.6 is 11.6 Å². The Bertz CT molecular complexity index is 442. The smallest absolute Gasteiger partial charge is 0.223 e. The summed E-state index contributed by atoms with van der Waals surface area (Å²) in [5.74, 6) is 0.928. The van der Waals surface area contributed by atoms with Gasteiger partial charge in [-0.2, -0.15) is 0 Å². The van der Waals surface area contributed by atoms with E-state index in [1.54, 1.807) is 0 Å². The lowest BCUT2D eigenvalue weighted by Gasteiger charge is -2.37. The molecule has 1 aliphatic rings. The van der Waals surface area contributed by atoms with Gasteiger partial charge in [0.2, 0.25) is 5.91 Å². The van der Waals surface area contributed by atoms with E-state index in [1.165, 1.54) is 30.4 Å². The molecule has 1 amide bonds. The maximum Gasteiger partial charge on any atom is 0.223 e. The Morgan fingerprint density at radius 1 is 1.35 bits per heavy atom. The van der Waals surface area contributed by atoms with Gasteiger partial charge in [0.1, 0.15) is 0 Å². The Kier molecular flexibility index (Phi) is 5.90. The molecule has 0 unspecified atom stereocenters. The summed E-state index contributed by atoms with van der Waals surface area (Å²) < 4.78 is 0. The molecule has 0 heterocycles. The van der Waals surface area contributed by atoms with Gasteiger partial charge in [-0.15, -0.1) is 11.6 Å². The average Bonchev–Trinajstić information content (AvgIpc) is 2.40. The number of nitrogens with zero attached hydrogens (tertiary/aromatic N) is 1. The van der Waals surface area contributed by atoms with Crippen molar-refractivity contribution < 1.29 is 4.79 Å². The SMILES string of the molecule is Cc1ccccc1CCC(=O)N(CCCCl)C1CCC1. The Hall–Kier alpha value is -1.02. The highest BCUT2D eigenvalue weighted by Crippen LogP contribution is 2.26. The summed E-state index contributed by atoms with van der Waals surface area (Å²) in [6, 6.07) is 8.79. The Morgan fingerprint density at radius 2 is 2.10 bits per heavy atom. The molecular formula is C17H24ClNO. The van der Waals surface area contributed by atoms with E-state index in [2.05, 4.69) is 24.0 Å². The number of carbonyl (C=O) groups is 1. The number of aryl methyl sites for hydroxylation is 2. The largest absolute Gasteiger partial charge is 0.340 e. The van der Waals surface area contributed by atoms with Crippen LogP contribution in [0.2, 0.25) is 0 Å². The minimum absolute atomic E-state index is 0.295. The number of amides is 1. The molecule has 0 spiro atoms. The number of hydrogen-bond donors (Lipinski definition) is 0. The zero-order valence-electron chi connectivity index (χ0n) is 12.3. The number of hydrogen-bond acceptors (Lipinski definition) is 1. The fraction of sp³-hybridized carbons (Fsp3) is 0.588. The molecule has 0 aromatic heterocycles. The van der Waals surface area contributed by atoms with Gasteiger partial charge in [-0.3, -0.25) is 4.79 Å². The maximum atomic E-state index is 12.5. The average molecular weight is 294 g/mol. The van der Waals surface area contributed by atoms with Crippen LogP contribution in [0.25, 0.3) is 0 Å². The third-order valence-electron chi connectivity index (χ3n) is 4.24. The van der Waals surface area contributed by atoms with Crippen LogP contribution in [0.4, 0.5) is 0 Å². The minimum Gasteiger partial charge on any atom is -0.340 e. The van der Waals surface area contributed by atoms with E-state index >= 15 is 0 Å². The summed E-state index contributed by atoms with van der Waals surface area (Å²) >= 11 is 5.77. The third kappa shape index (κ3) is 3.99. The maximum absolute atomic E-state index is 12.5. The van der Waals surface area contributed by atoms with Crippen molar-refractivity contribution in [1.29, 1.82) is 0 Å². The van der Waals surface area contributed by atoms with Gasteiger partial charge in [0.25, 0.3) is 0 Å². The number of halogens is 1. The molecule has 2 rings (SSSR count). The van der Waals surface area contributed by atoms with Gasteiger partial charge < -0.3 is 4.90 Å². The first-order chi connectivity index (χ1) is 9.72. The predicted molar refractivity (Wildman–Crippen MR) is 84.2 cm³/mol. The zero-order chi connectivity index (χ0) is 14.4. The highest BCUT2D eigenvalue weighted by molar-refractivity contribution is 6.17. The summed E-state index contributed by atoms with van der Waals surface area (Å²) in [4.78, 5) is 14.5. The molecule has 0 radical (unpaired) electrons. The summed E-state index contributed by atoms with van der Waals surface area (Å²) in [6.45, 7) is 2.93. The third-order valence-corrected chi connectivity index (χ3v) is 4.51. The Labute approximate surface area is 127 Å². The van der Waals surface area contributed by atoms with E-state index in [4.69, 9.17) is 11.6 Å². The first-order valence-corrected chi connectivity index (χ1v) is 8.15. The minimum atomic E-state index is 0.295. The van der Waals surface area contributed by atoms with Crippen molar-refractivity contribution in [3.05, 3.63) is 35.4 Å².